The van der Waals surface area contributed by atoms with Gasteiger partial charge in [0.25, 0.3) is 0 Å². The minimum atomic E-state index is -1.09. The van der Waals surface area contributed by atoms with Crippen LogP contribution < -0.4 is 0 Å². The fourth-order valence-electron chi connectivity index (χ4n) is 13.0. The van der Waals surface area contributed by atoms with E-state index in [1.165, 1.54) is 95.2 Å². The summed E-state index contributed by atoms with van der Waals surface area (Å²) in [5.41, 5.74) is 11.3. The van der Waals surface area contributed by atoms with Crippen molar-refractivity contribution in [3.8, 4) is 34.5 Å². The van der Waals surface area contributed by atoms with Crippen molar-refractivity contribution in [3.05, 3.63) is 176 Å². The summed E-state index contributed by atoms with van der Waals surface area (Å²) in [6.07, 6.45) is 25.8. The molecule has 31 heteroatoms. The van der Waals surface area contributed by atoms with E-state index in [0.29, 0.717) is 94.4 Å². The van der Waals surface area contributed by atoms with Gasteiger partial charge in [0.2, 0.25) is 0 Å². The van der Waals surface area contributed by atoms with E-state index in [2.05, 4.69) is 80.4 Å². The Morgan fingerprint density at radius 2 is 0.482 bits per heavy atom. The fourth-order valence-corrected chi connectivity index (χ4v) is 17.7. The van der Waals surface area contributed by atoms with Crippen LogP contribution in [0, 0.1) is 71.1 Å². The quantitative estimate of drug-likeness (QED) is 0.0388. The van der Waals surface area contributed by atoms with Crippen LogP contribution in [0.5, 0.6) is 34.5 Å². The Hall–Kier alpha value is 1.14. The first-order valence-electron chi connectivity index (χ1n) is 38.2. The zero-order valence-electron chi connectivity index (χ0n) is 67.8. The van der Waals surface area contributed by atoms with Gasteiger partial charge in [0.05, 0.1) is 44.3 Å². The topological polar surface area (TPSA) is 196 Å². The predicted octanol–water partition coefficient (Wildman–Crippen LogP) is 28.0. The molecule has 6 aliphatic rings. The molecule has 12 unspecified atom stereocenters. The molecule has 6 aromatic carbocycles. The molecular weight excluding hydrogens is 2180 g/mol. The summed E-state index contributed by atoms with van der Waals surface area (Å²) in [4.78, 5) is 27.3. The average molecular weight is 2290 g/mol. The number of benzene rings is 6. The van der Waals surface area contributed by atoms with Crippen molar-refractivity contribution in [1.82, 2.24) is 0 Å². The summed E-state index contributed by atoms with van der Waals surface area (Å²) in [7, 11) is 58.1. The van der Waals surface area contributed by atoms with Crippen molar-refractivity contribution < 1.29 is 156 Å². The van der Waals surface area contributed by atoms with Gasteiger partial charge in [-0.15, -0.1) is 0 Å². The molecule has 0 aliphatic heterocycles. The van der Waals surface area contributed by atoms with E-state index in [-0.39, 0.29) is 0 Å². The Morgan fingerprint density at radius 3 is 0.632 bits per heavy atom. The number of phenols is 6. The Bertz CT molecular complexity index is 3520. The van der Waals surface area contributed by atoms with Crippen molar-refractivity contribution in [2.75, 3.05) is 0 Å². The van der Waals surface area contributed by atoms with Crippen LogP contribution in [0.1, 0.15) is 199 Å². The zero-order valence-corrected chi connectivity index (χ0v) is 92.6. The van der Waals surface area contributed by atoms with Crippen LogP contribution in [0.2, 0.25) is 23.7 Å². The number of aliphatic imine (C=N–C) groups is 6. The van der Waals surface area contributed by atoms with Crippen molar-refractivity contribution in [2.24, 2.45) is 59.5 Å². The summed E-state index contributed by atoms with van der Waals surface area (Å²) < 4.78 is 0. The summed E-state index contributed by atoms with van der Waals surface area (Å²) in [5.74, 6) is 5.71. The van der Waals surface area contributed by atoms with E-state index in [0.717, 1.165) is 78.2 Å². The monoisotopic (exact) mass is 2280 g/mol. The number of aromatic hydroxyl groups is 6. The summed E-state index contributed by atoms with van der Waals surface area (Å²) in [6, 6.07) is 41.6. The second-order valence-corrected chi connectivity index (χ2v) is 56.8. The molecule has 12 nitrogen and oxygen atoms in total. The van der Waals surface area contributed by atoms with Gasteiger partial charge in [-0.3, -0.25) is 30.0 Å². The van der Waals surface area contributed by atoms with Crippen molar-refractivity contribution in [3.63, 3.8) is 0 Å². The number of nitrogens with zero attached hydrogens (tertiary/aromatic N) is 6. The molecule has 0 aromatic heterocycles. The Morgan fingerprint density at radius 1 is 0.298 bits per heavy atom. The zero-order chi connectivity index (χ0) is 85.9. The average Bonchev–Trinajstić information content (AvgIpc) is 1.62. The van der Waals surface area contributed by atoms with Crippen LogP contribution in [0.4, 0.5) is 0 Å². The molecule has 12 rings (SSSR count). The number of halogens is 12. The standard InChI is InChI=1S/C17H27NOSi.C14H19NO.4C13H17NO.12ClH.6Zr/c1-5-20(6-2,7-3)16-11-15(16)18-12-14-10-8-9-13(4)17(14)19;1-3-11-7-8-13(11)15-9-12-6-4-5-10(2)14(12)16;4*1-9-6-7-12(9)14-8-11-5-3-4-10(2)13(11)15;;;;;;;;;;;;;;;;;;/h8-10,12,15-16,19H,5-7,11H2,1-4H3;4-6,9,11,13,16H,3,7-8H2,1-2H3;4*3-5,8-9,12,15H,6-7H2,1-2H3;12*1H;;;;;;/q;;;;;;;;;;;;;;;;;;6*+2/p-12. The maximum absolute atomic E-state index is 10.0. The molecular formula is C83H114Cl12N6O6SiZr6. The molecule has 6 fully saturated rings. The molecule has 0 spiro atoms. The third-order valence-electron chi connectivity index (χ3n) is 21.9. The Labute approximate surface area is 795 Å². The fraction of sp³-hybridized carbons (Fsp3) is 0.494. The van der Waals surface area contributed by atoms with Crippen molar-refractivity contribution >= 4 is 148 Å². The predicted molar refractivity (Wildman–Crippen MR) is 478 cm³/mol. The first-order chi connectivity index (χ1) is 54.5. The van der Waals surface area contributed by atoms with E-state index in [1.54, 1.807) is 0 Å². The van der Waals surface area contributed by atoms with Gasteiger partial charge in [-0.25, -0.2) is 0 Å². The van der Waals surface area contributed by atoms with Gasteiger partial charge >= 0.3 is 227 Å². The molecule has 0 radical (unpaired) electrons. The molecule has 624 valence electrons. The molecule has 0 bridgehead atoms. The number of hydrogen-bond donors (Lipinski definition) is 6. The minimum absolute atomic E-state index is 0.355. The van der Waals surface area contributed by atoms with Crippen LogP contribution >= 0.6 is 102 Å². The molecule has 114 heavy (non-hydrogen) atoms. The number of hydrogen-bond acceptors (Lipinski definition) is 12. The van der Waals surface area contributed by atoms with Gasteiger partial charge in [-0.1, -0.05) is 153 Å². The van der Waals surface area contributed by atoms with Crippen molar-refractivity contribution in [1.29, 1.82) is 0 Å². The normalized spacial score (nSPS) is 21.5. The van der Waals surface area contributed by atoms with Gasteiger partial charge in [-0.05, 0) is 217 Å². The van der Waals surface area contributed by atoms with Gasteiger partial charge < -0.3 is 30.6 Å². The maximum atomic E-state index is 10.0. The molecule has 0 heterocycles. The van der Waals surface area contributed by atoms with Gasteiger partial charge in [0, 0.05) is 70.7 Å². The van der Waals surface area contributed by atoms with E-state index >= 15 is 0 Å². The van der Waals surface area contributed by atoms with E-state index in [1.807, 2.05) is 188 Å². The van der Waals surface area contributed by atoms with E-state index in [4.69, 9.17) is 107 Å². The number of aryl methyl sites for hydroxylation is 6. The van der Waals surface area contributed by atoms with Gasteiger partial charge in [0.15, 0.2) is 0 Å². The first-order valence-corrected chi connectivity index (χ1v) is 78.9. The Balaban J connectivity index is 0.000000656. The number of rotatable bonds is 17. The van der Waals surface area contributed by atoms with Crippen molar-refractivity contribution in [2.45, 2.75) is 234 Å². The SMILES string of the molecule is CCC1CCC1N=Cc1cccc(C)c1O.CC[Si](CC)(CC)C1CC1N=Cc1cccc(C)c1O.Cc1cccc(C=NC2CCC2C)c1O.Cc1cccc(C=NC2CCC2C)c1O.Cc1cccc(C=NC2CCC2C)c1O.Cc1cccc(C=NC2CCC2C)c1O.[Cl][Zr][Cl].[Cl][Zr][Cl].[Cl][Zr][Cl].[Cl][Zr][Cl].[Cl][Zr][Cl].[Cl][Zr][Cl]. The second-order valence-electron chi connectivity index (χ2n) is 28.8. The van der Waals surface area contributed by atoms with Crippen LogP contribution in [0.15, 0.2) is 139 Å². The molecule has 6 N–H and O–H groups in total. The number of para-hydroxylation sites is 6. The summed E-state index contributed by atoms with van der Waals surface area (Å²) >= 11 is -4.95. The first kappa shape index (κ1) is 113. The Kier molecular flexibility index (Phi) is 66.1. The van der Waals surface area contributed by atoms with Crippen LogP contribution in [0.3, 0.4) is 0 Å². The van der Waals surface area contributed by atoms with E-state index in [9.17, 15) is 30.6 Å². The summed E-state index contributed by atoms with van der Waals surface area (Å²) in [5, 5.41) is 58.9. The molecule has 6 aromatic rings. The third kappa shape index (κ3) is 42.4. The number of phenolic OH excluding ortho intramolecular Hbond substituents is 6. The van der Waals surface area contributed by atoms with Gasteiger partial charge in [-0.2, -0.15) is 0 Å². The van der Waals surface area contributed by atoms with Crippen LogP contribution in [-0.2, 0) is 125 Å². The molecule has 6 saturated carbocycles. The van der Waals surface area contributed by atoms with Gasteiger partial charge in [0.1, 0.15) is 34.5 Å². The summed E-state index contributed by atoms with van der Waals surface area (Å²) in [6.45, 7) is 29.7. The van der Waals surface area contributed by atoms with Crippen LogP contribution in [0.25, 0.3) is 0 Å². The van der Waals surface area contributed by atoms with Crippen LogP contribution in [-0.4, -0.2) is 112 Å². The molecule has 0 amide bonds. The molecule has 0 saturated heterocycles. The van der Waals surface area contributed by atoms with E-state index < -0.39 is 133 Å². The third-order valence-corrected chi connectivity index (χ3v) is 28.3. The molecule has 12 atom stereocenters. The second kappa shape index (κ2) is 66.6. The molecule has 6 aliphatic carbocycles.